The molecule has 156 valence electrons. The smallest absolute Gasteiger partial charge is 0.261 e. The lowest BCUT2D eigenvalue weighted by Gasteiger charge is -2.23. The normalized spacial score (nSPS) is 10.8. The molecule has 6 heteroatoms. The quantitative estimate of drug-likeness (QED) is 0.507. The summed E-state index contributed by atoms with van der Waals surface area (Å²) in [6, 6.07) is 20.1. The molecule has 1 N–H and O–H groups in total. The number of carbonyl (C=O) groups is 1. The number of methoxy groups -OCH3 is 1. The third kappa shape index (κ3) is 4.05. The van der Waals surface area contributed by atoms with Gasteiger partial charge in [-0.05, 0) is 60.3 Å². The second kappa shape index (κ2) is 8.44. The van der Waals surface area contributed by atoms with E-state index in [1.807, 2.05) is 25.1 Å². The molecule has 0 bridgehead atoms. The third-order valence-corrected chi connectivity index (χ3v) is 5.23. The molecule has 0 spiro atoms. The average molecular weight is 416 g/mol. The maximum absolute atomic E-state index is 14.4. The van der Waals surface area contributed by atoms with Gasteiger partial charge in [-0.1, -0.05) is 30.3 Å². The molecule has 4 aromatic rings. The molecular weight excluding hydrogens is 395 g/mol. The number of carbonyl (C=O) groups excluding carboxylic acids is 1. The number of aromatic nitrogens is 1. The highest BCUT2D eigenvalue weighted by atomic mass is 19.1. The lowest BCUT2D eigenvalue weighted by atomic mass is 10.1. The molecule has 0 fully saturated rings. The lowest BCUT2D eigenvalue weighted by molar-refractivity contribution is 0.0981. The Bertz CT molecular complexity index is 1310. The van der Waals surface area contributed by atoms with E-state index < -0.39 is 11.7 Å². The largest absolute Gasteiger partial charge is 0.497 e. The van der Waals surface area contributed by atoms with Gasteiger partial charge in [0.2, 0.25) is 0 Å². The van der Waals surface area contributed by atoms with Gasteiger partial charge in [-0.3, -0.25) is 9.59 Å². The number of rotatable bonds is 5. The molecule has 5 nitrogen and oxygen atoms in total. The summed E-state index contributed by atoms with van der Waals surface area (Å²) in [7, 11) is 1.55. The Labute approximate surface area is 178 Å². The number of fused-ring (bicyclic) bond motifs is 1. The van der Waals surface area contributed by atoms with E-state index in [2.05, 4.69) is 4.98 Å². The van der Waals surface area contributed by atoms with Crippen molar-refractivity contribution in [2.75, 3.05) is 12.0 Å². The number of nitrogens with zero attached hydrogens (tertiary/aromatic N) is 1. The van der Waals surface area contributed by atoms with Gasteiger partial charge < -0.3 is 14.6 Å². The first-order valence-corrected chi connectivity index (χ1v) is 9.80. The Hall–Kier alpha value is -3.93. The van der Waals surface area contributed by atoms with E-state index in [4.69, 9.17) is 4.74 Å². The summed E-state index contributed by atoms with van der Waals surface area (Å²) in [5.74, 6) is -0.526. The van der Waals surface area contributed by atoms with Crippen molar-refractivity contribution in [3.05, 3.63) is 106 Å². The van der Waals surface area contributed by atoms with Crippen molar-refractivity contribution in [2.24, 2.45) is 0 Å². The SMILES string of the molecule is COc1ccc(N(Cc2cc3cccc(C)c3[nH]c2=O)C(=O)c2ccccc2F)cc1. The molecule has 0 aliphatic heterocycles. The number of amides is 1. The number of hydrogen-bond donors (Lipinski definition) is 1. The number of anilines is 1. The van der Waals surface area contributed by atoms with Crippen LogP contribution >= 0.6 is 0 Å². The minimum absolute atomic E-state index is 0.0152. The molecule has 0 saturated carbocycles. The van der Waals surface area contributed by atoms with Crippen LogP contribution in [-0.2, 0) is 6.54 Å². The van der Waals surface area contributed by atoms with E-state index >= 15 is 0 Å². The van der Waals surface area contributed by atoms with E-state index in [-0.39, 0.29) is 17.7 Å². The monoisotopic (exact) mass is 416 g/mol. The first-order chi connectivity index (χ1) is 15.0. The highest BCUT2D eigenvalue weighted by Gasteiger charge is 2.22. The zero-order chi connectivity index (χ0) is 22.0. The molecule has 1 amide bonds. The highest BCUT2D eigenvalue weighted by molar-refractivity contribution is 6.06. The minimum atomic E-state index is -0.617. The van der Waals surface area contributed by atoms with Crippen molar-refractivity contribution in [2.45, 2.75) is 13.5 Å². The highest BCUT2D eigenvalue weighted by Crippen LogP contribution is 2.24. The van der Waals surface area contributed by atoms with Gasteiger partial charge in [-0.25, -0.2) is 4.39 Å². The van der Waals surface area contributed by atoms with Crippen molar-refractivity contribution < 1.29 is 13.9 Å². The number of ether oxygens (including phenoxy) is 1. The summed E-state index contributed by atoms with van der Waals surface area (Å²) < 4.78 is 19.6. The van der Waals surface area contributed by atoms with Crippen LogP contribution in [0.3, 0.4) is 0 Å². The molecule has 0 unspecified atom stereocenters. The first kappa shape index (κ1) is 20.3. The van der Waals surface area contributed by atoms with Crippen LogP contribution in [0.4, 0.5) is 10.1 Å². The van der Waals surface area contributed by atoms with Gasteiger partial charge >= 0.3 is 0 Å². The van der Waals surface area contributed by atoms with Crippen molar-refractivity contribution >= 4 is 22.5 Å². The average Bonchev–Trinajstić information content (AvgIpc) is 2.78. The number of aromatic amines is 1. The molecular formula is C25H21FN2O3. The summed E-state index contributed by atoms with van der Waals surface area (Å²) in [5, 5.41) is 0.864. The van der Waals surface area contributed by atoms with Gasteiger partial charge in [0.15, 0.2) is 0 Å². The number of halogens is 1. The fraction of sp³-hybridized carbons (Fsp3) is 0.120. The molecule has 3 aromatic carbocycles. The Morgan fingerprint density at radius 1 is 1.03 bits per heavy atom. The molecule has 0 radical (unpaired) electrons. The Balaban J connectivity index is 1.80. The van der Waals surface area contributed by atoms with Crippen molar-refractivity contribution in [1.82, 2.24) is 4.98 Å². The van der Waals surface area contributed by atoms with Crippen LogP contribution in [-0.4, -0.2) is 18.0 Å². The fourth-order valence-electron chi connectivity index (χ4n) is 3.54. The summed E-state index contributed by atoms with van der Waals surface area (Å²) in [6.45, 7) is 1.90. The van der Waals surface area contributed by atoms with Crippen LogP contribution in [0.25, 0.3) is 10.9 Å². The molecule has 0 atom stereocenters. The van der Waals surface area contributed by atoms with E-state index in [0.717, 1.165) is 16.5 Å². The van der Waals surface area contributed by atoms with Crippen molar-refractivity contribution in [3.63, 3.8) is 0 Å². The molecule has 31 heavy (non-hydrogen) atoms. The molecule has 4 rings (SSSR count). The predicted octanol–water partition coefficient (Wildman–Crippen LogP) is 4.83. The number of para-hydroxylation sites is 1. The van der Waals surface area contributed by atoms with Crippen LogP contribution in [0, 0.1) is 12.7 Å². The predicted molar refractivity (Wildman–Crippen MR) is 119 cm³/mol. The maximum atomic E-state index is 14.4. The standard InChI is InChI=1S/C25H21FN2O3/c1-16-6-5-7-17-14-18(24(29)27-23(16)17)15-28(19-10-12-20(31-2)13-11-19)25(30)21-8-3-4-9-22(21)26/h3-14H,15H2,1-2H3,(H,27,29). The second-order valence-corrected chi connectivity index (χ2v) is 7.23. The van der Waals surface area contributed by atoms with Crippen LogP contribution in [0.5, 0.6) is 5.75 Å². The molecule has 0 aliphatic rings. The third-order valence-electron chi connectivity index (χ3n) is 5.23. The van der Waals surface area contributed by atoms with Gasteiger partial charge in [-0.15, -0.1) is 0 Å². The number of benzene rings is 3. The maximum Gasteiger partial charge on any atom is 0.261 e. The minimum Gasteiger partial charge on any atom is -0.497 e. The molecule has 0 aliphatic carbocycles. The number of H-pyrrole nitrogens is 1. The van der Waals surface area contributed by atoms with Crippen molar-refractivity contribution in [3.8, 4) is 5.75 Å². The number of aryl methyl sites for hydroxylation is 1. The molecule has 1 heterocycles. The Kier molecular flexibility index (Phi) is 5.54. The summed E-state index contributed by atoms with van der Waals surface area (Å²) >= 11 is 0. The van der Waals surface area contributed by atoms with E-state index in [9.17, 15) is 14.0 Å². The second-order valence-electron chi connectivity index (χ2n) is 7.23. The number of hydrogen-bond acceptors (Lipinski definition) is 3. The molecule has 1 aromatic heterocycles. The summed E-state index contributed by atoms with van der Waals surface area (Å²) in [6.07, 6.45) is 0. The fourth-order valence-corrected chi connectivity index (χ4v) is 3.54. The Morgan fingerprint density at radius 3 is 2.48 bits per heavy atom. The zero-order valence-electron chi connectivity index (χ0n) is 17.2. The summed E-state index contributed by atoms with van der Waals surface area (Å²) in [5.41, 5.74) is 2.28. The van der Waals surface area contributed by atoms with Crippen LogP contribution in [0.2, 0.25) is 0 Å². The number of nitrogens with one attached hydrogen (secondary N) is 1. The van der Waals surface area contributed by atoms with E-state index in [0.29, 0.717) is 17.0 Å². The molecule has 0 saturated heterocycles. The van der Waals surface area contributed by atoms with Gasteiger partial charge in [0, 0.05) is 11.3 Å². The summed E-state index contributed by atoms with van der Waals surface area (Å²) in [4.78, 5) is 30.4. The first-order valence-electron chi connectivity index (χ1n) is 9.80. The van der Waals surface area contributed by atoms with Crippen LogP contribution in [0.15, 0.2) is 77.6 Å². The van der Waals surface area contributed by atoms with Crippen LogP contribution in [0.1, 0.15) is 21.5 Å². The lowest BCUT2D eigenvalue weighted by Crippen LogP contribution is -2.33. The van der Waals surface area contributed by atoms with Crippen molar-refractivity contribution in [1.29, 1.82) is 0 Å². The Morgan fingerprint density at radius 2 is 1.77 bits per heavy atom. The van der Waals surface area contributed by atoms with Crippen LogP contribution < -0.4 is 15.2 Å². The van der Waals surface area contributed by atoms with E-state index in [1.165, 1.54) is 23.1 Å². The van der Waals surface area contributed by atoms with E-state index in [1.54, 1.807) is 43.5 Å². The zero-order valence-corrected chi connectivity index (χ0v) is 17.2. The number of pyridine rings is 1. The van der Waals surface area contributed by atoms with Gasteiger partial charge in [0.05, 0.1) is 24.7 Å². The topological polar surface area (TPSA) is 62.4 Å². The van der Waals surface area contributed by atoms with Gasteiger partial charge in [-0.2, -0.15) is 0 Å². The van der Waals surface area contributed by atoms with Gasteiger partial charge in [0.1, 0.15) is 11.6 Å². The van der Waals surface area contributed by atoms with Gasteiger partial charge in [0.25, 0.3) is 11.5 Å².